The van der Waals surface area contributed by atoms with E-state index in [1.165, 1.54) is 11.8 Å². The van der Waals surface area contributed by atoms with E-state index in [9.17, 15) is 0 Å². The summed E-state index contributed by atoms with van der Waals surface area (Å²) in [6.07, 6.45) is 5.45. The van der Waals surface area contributed by atoms with Gasteiger partial charge in [0.05, 0.1) is 16.1 Å². The molecule has 1 aromatic carbocycles. The number of rotatable bonds is 7. The molecule has 0 aliphatic carbocycles. The largest absolute Gasteiger partial charge is 0.361 e. The van der Waals surface area contributed by atoms with Gasteiger partial charge in [0.25, 0.3) is 0 Å². The molecule has 8 nitrogen and oxygen atoms in total. The van der Waals surface area contributed by atoms with Crippen LogP contribution in [0, 0.1) is 6.92 Å². The van der Waals surface area contributed by atoms with E-state index in [0.717, 1.165) is 51.7 Å². The molecule has 0 spiro atoms. The van der Waals surface area contributed by atoms with Gasteiger partial charge in [-0.05, 0) is 37.4 Å². The molecule has 11 heteroatoms. The molecule has 0 N–H and O–H groups in total. The van der Waals surface area contributed by atoms with Crippen LogP contribution in [0.5, 0.6) is 0 Å². The van der Waals surface area contributed by atoms with Gasteiger partial charge in [0, 0.05) is 37.4 Å². The molecular weight excluding hydrogens is 486 g/mol. The number of imidazole rings is 1. The number of fused-ring (bicyclic) bond motifs is 4. The number of thioether (sulfide) groups is 1. The molecule has 0 saturated heterocycles. The van der Waals surface area contributed by atoms with Crippen molar-refractivity contribution < 1.29 is 4.74 Å². The molecule has 176 valence electrons. The molecule has 5 rings (SSSR count). The van der Waals surface area contributed by atoms with E-state index in [-0.39, 0.29) is 0 Å². The number of aromatic nitrogens is 7. The zero-order chi connectivity index (χ0) is 24.0. The Morgan fingerprint density at radius 2 is 1.91 bits per heavy atom. The Hall–Kier alpha value is -2.53. The predicted octanol–water partition coefficient (Wildman–Crippen LogP) is 5.69. The second-order valence-corrected chi connectivity index (χ2v) is 16.3. The SMILES string of the molecule is CSc1ncc2cc(-c3cc4c(cc3Cl)nc(C)n4COCC[Si](C)(C)C)c3nncn3c2n1. The van der Waals surface area contributed by atoms with Gasteiger partial charge in [0.2, 0.25) is 0 Å². The van der Waals surface area contributed by atoms with E-state index in [4.69, 9.17) is 21.3 Å². The smallest absolute Gasteiger partial charge is 0.189 e. The Morgan fingerprint density at radius 3 is 2.68 bits per heavy atom. The normalized spacial score (nSPS) is 12.4. The minimum absolute atomic E-state index is 0.456. The number of benzene rings is 1. The van der Waals surface area contributed by atoms with Crippen LogP contribution in [0.15, 0.2) is 35.9 Å². The Morgan fingerprint density at radius 1 is 1.09 bits per heavy atom. The Balaban J connectivity index is 1.61. The molecular formula is C23H26ClN7OSSi. The van der Waals surface area contributed by atoms with Crippen LogP contribution in [0.3, 0.4) is 0 Å². The van der Waals surface area contributed by atoms with E-state index < -0.39 is 8.07 Å². The first-order chi connectivity index (χ1) is 16.2. The van der Waals surface area contributed by atoms with Crippen molar-refractivity contribution in [3.63, 3.8) is 0 Å². The molecule has 4 heterocycles. The van der Waals surface area contributed by atoms with Crippen molar-refractivity contribution in [2.24, 2.45) is 0 Å². The summed E-state index contributed by atoms with van der Waals surface area (Å²) >= 11 is 8.27. The fraction of sp³-hybridized carbons (Fsp3) is 0.348. The van der Waals surface area contributed by atoms with Crippen molar-refractivity contribution in [2.75, 3.05) is 12.9 Å². The van der Waals surface area contributed by atoms with Crippen LogP contribution in [0.2, 0.25) is 30.7 Å². The third kappa shape index (κ3) is 4.31. The summed E-state index contributed by atoms with van der Waals surface area (Å²) in [7, 11) is -1.15. The standard InChI is InChI=1S/C23H26ClN7OSSi/c1-14-27-19-10-18(24)16(9-20(19)31(14)13-32-6-7-34(3,4)5)17-8-15-11-25-23(33-2)28-21(15)30-12-26-29-22(17)30/h8-12H,6-7,13H2,1-5H3. The first-order valence-electron chi connectivity index (χ1n) is 11.0. The van der Waals surface area contributed by atoms with Crippen LogP contribution < -0.4 is 0 Å². The highest BCUT2D eigenvalue weighted by Gasteiger charge is 2.18. The van der Waals surface area contributed by atoms with Gasteiger partial charge < -0.3 is 9.30 Å². The van der Waals surface area contributed by atoms with Crippen molar-refractivity contribution in [2.45, 2.75) is 44.5 Å². The molecule has 4 aromatic heterocycles. The van der Waals surface area contributed by atoms with Gasteiger partial charge in [0.1, 0.15) is 18.9 Å². The van der Waals surface area contributed by atoms with Crippen LogP contribution in [-0.2, 0) is 11.5 Å². The van der Waals surface area contributed by atoms with E-state index >= 15 is 0 Å². The summed E-state index contributed by atoms with van der Waals surface area (Å²) < 4.78 is 10.0. The lowest BCUT2D eigenvalue weighted by Crippen LogP contribution is -2.22. The lowest BCUT2D eigenvalue weighted by atomic mass is 10.0. The fourth-order valence-corrected chi connectivity index (χ4v) is 5.27. The molecule has 0 bridgehead atoms. The van der Waals surface area contributed by atoms with Crippen molar-refractivity contribution in [3.8, 4) is 11.1 Å². The average Bonchev–Trinajstić information content (AvgIpc) is 3.39. The minimum atomic E-state index is -1.15. The zero-order valence-electron chi connectivity index (χ0n) is 19.8. The Bertz CT molecular complexity index is 1530. The van der Waals surface area contributed by atoms with Gasteiger partial charge in [-0.3, -0.25) is 4.40 Å². The second kappa shape index (κ2) is 8.92. The molecule has 0 unspecified atom stereocenters. The maximum absolute atomic E-state index is 6.77. The lowest BCUT2D eigenvalue weighted by Gasteiger charge is -2.16. The quantitative estimate of drug-likeness (QED) is 0.120. The summed E-state index contributed by atoms with van der Waals surface area (Å²) in [6.45, 7) is 10.2. The van der Waals surface area contributed by atoms with Crippen molar-refractivity contribution in [1.82, 2.24) is 34.1 Å². The van der Waals surface area contributed by atoms with E-state index in [1.807, 2.05) is 35.9 Å². The molecule has 0 aliphatic rings. The third-order valence-electron chi connectivity index (χ3n) is 5.81. The number of halogens is 1. The highest BCUT2D eigenvalue weighted by atomic mass is 35.5. The van der Waals surface area contributed by atoms with Gasteiger partial charge >= 0.3 is 0 Å². The summed E-state index contributed by atoms with van der Waals surface area (Å²) in [5.41, 5.74) is 4.97. The fourth-order valence-electron chi connectivity index (χ4n) is 3.92. The van der Waals surface area contributed by atoms with Gasteiger partial charge in [-0.1, -0.05) is 43.0 Å². The minimum Gasteiger partial charge on any atom is -0.361 e. The number of ether oxygens (including phenoxy) is 1. The van der Waals surface area contributed by atoms with Crippen LogP contribution in [-0.4, -0.2) is 55.1 Å². The summed E-state index contributed by atoms with van der Waals surface area (Å²) in [5.74, 6) is 0.889. The summed E-state index contributed by atoms with van der Waals surface area (Å²) in [6, 6.07) is 7.11. The van der Waals surface area contributed by atoms with Crippen LogP contribution >= 0.6 is 23.4 Å². The predicted molar refractivity (Wildman–Crippen MR) is 140 cm³/mol. The van der Waals surface area contributed by atoms with Gasteiger partial charge in [-0.2, -0.15) is 0 Å². The summed E-state index contributed by atoms with van der Waals surface area (Å²) in [5, 5.41) is 10.7. The Labute approximate surface area is 207 Å². The second-order valence-electron chi connectivity index (χ2n) is 9.47. The third-order valence-corrected chi connectivity index (χ3v) is 8.39. The van der Waals surface area contributed by atoms with Crippen molar-refractivity contribution in [3.05, 3.63) is 41.6 Å². The number of hydrogen-bond donors (Lipinski definition) is 0. The number of pyridine rings is 1. The number of hydrogen-bond acceptors (Lipinski definition) is 7. The Kier molecular flexibility index (Phi) is 6.09. The van der Waals surface area contributed by atoms with Gasteiger partial charge in [-0.15, -0.1) is 10.2 Å². The average molecular weight is 512 g/mol. The van der Waals surface area contributed by atoms with E-state index in [1.54, 1.807) is 6.33 Å². The highest BCUT2D eigenvalue weighted by molar-refractivity contribution is 7.98. The number of aryl methyl sites for hydroxylation is 1. The van der Waals surface area contributed by atoms with Crippen molar-refractivity contribution in [1.29, 1.82) is 0 Å². The molecule has 0 radical (unpaired) electrons. The molecule has 5 aromatic rings. The molecule has 0 aliphatic heterocycles. The summed E-state index contributed by atoms with van der Waals surface area (Å²) in [4.78, 5) is 13.8. The van der Waals surface area contributed by atoms with Crippen LogP contribution in [0.1, 0.15) is 5.82 Å². The molecule has 0 saturated carbocycles. The molecule has 0 amide bonds. The van der Waals surface area contributed by atoms with Gasteiger partial charge in [0.15, 0.2) is 16.5 Å². The zero-order valence-corrected chi connectivity index (χ0v) is 22.4. The van der Waals surface area contributed by atoms with Crippen LogP contribution in [0.25, 0.3) is 38.8 Å². The maximum atomic E-state index is 6.77. The first-order valence-corrected chi connectivity index (χ1v) is 16.3. The van der Waals surface area contributed by atoms with E-state index in [2.05, 4.69) is 50.4 Å². The van der Waals surface area contributed by atoms with Crippen LogP contribution in [0.4, 0.5) is 0 Å². The lowest BCUT2D eigenvalue weighted by molar-refractivity contribution is 0.0885. The molecule has 0 atom stereocenters. The van der Waals surface area contributed by atoms with E-state index in [0.29, 0.717) is 22.6 Å². The molecule has 0 fully saturated rings. The molecule has 34 heavy (non-hydrogen) atoms. The number of nitrogens with zero attached hydrogens (tertiary/aromatic N) is 7. The maximum Gasteiger partial charge on any atom is 0.189 e. The van der Waals surface area contributed by atoms with Crippen molar-refractivity contribution >= 4 is 59.2 Å². The highest BCUT2D eigenvalue weighted by Crippen LogP contribution is 2.36. The van der Waals surface area contributed by atoms with Gasteiger partial charge in [-0.25, -0.2) is 15.0 Å². The first kappa shape index (κ1) is 23.2. The monoisotopic (exact) mass is 511 g/mol. The topological polar surface area (TPSA) is 83.0 Å².